The molecule has 250 valence electrons. The summed E-state index contributed by atoms with van der Waals surface area (Å²) in [5.41, 5.74) is 6.49. The summed E-state index contributed by atoms with van der Waals surface area (Å²) in [6.07, 6.45) is -4.46. The molecule has 0 radical (unpaired) electrons. The van der Waals surface area contributed by atoms with Crippen molar-refractivity contribution in [2.75, 3.05) is 12.3 Å². The molecule has 1 fully saturated rings. The molecule has 5 rings (SSSR count). The van der Waals surface area contributed by atoms with Crippen LogP contribution in [0.4, 0.5) is 5.82 Å². The molecule has 0 saturated carbocycles. The molecule has 0 amide bonds. The third kappa shape index (κ3) is 8.22. The Morgan fingerprint density at radius 3 is 2.19 bits per heavy atom. The van der Waals surface area contributed by atoms with Gasteiger partial charge in [-0.1, -0.05) is 42.5 Å². The Hall–Kier alpha value is -3.74. The number of aliphatic hydroxyl groups excluding tert-OH is 1. The van der Waals surface area contributed by atoms with E-state index in [1.165, 1.54) is 24.3 Å². The molecule has 3 N–H and O–H groups in total. The average Bonchev–Trinajstić information content (AvgIpc) is 3.56. The number of fused-ring (bicyclic) bond motifs is 1. The lowest BCUT2D eigenvalue weighted by Gasteiger charge is -2.37. The van der Waals surface area contributed by atoms with Crippen LogP contribution in [0.1, 0.15) is 32.5 Å². The fraction of sp³-hybridized carbons (Fsp3) is 0.208. The van der Waals surface area contributed by atoms with Gasteiger partial charge in [0.1, 0.15) is 24.1 Å². The molecule has 3 heterocycles. The maximum Gasteiger partial charge on any atom is 0.338 e. The number of carbonyl (C=O) groups excluding carboxylic acids is 2. The van der Waals surface area contributed by atoms with Crippen molar-refractivity contribution in [1.29, 1.82) is 0 Å². The standard InChI is InChI=1S/C24H24N5O15P3/c25-21-17-22(27-11-26-21)29(12-28-17)23-19(31)20(16(41-23)10-40-46(36,37)44-47(38,39)43-45(33,34)35)42-24(32)15-8-6-14(7-9-15)18(30)13-4-2-1-3-5-13/h1-9,11-12,16,19-20,23,31H,10H2,(H,36,37)(H,38,39)(H2,25,26,27)(H2,33,34,35)/p-4/t16-,19-,20-,23-/m1/s1. The first kappa shape index (κ1) is 34.6. The lowest BCUT2D eigenvalue weighted by Crippen LogP contribution is -2.38. The van der Waals surface area contributed by atoms with Crippen molar-refractivity contribution >= 4 is 52.2 Å². The predicted octanol–water partition coefficient (Wildman–Crippen LogP) is -1.06. The lowest BCUT2D eigenvalue weighted by molar-refractivity contribution is -0.339. The molecule has 4 aromatic rings. The fourth-order valence-electron chi connectivity index (χ4n) is 4.44. The average molecular weight is 711 g/mol. The number of benzene rings is 2. The highest BCUT2D eigenvalue weighted by Gasteiger charge is 2.48. The minimum atomic E-state index is -6.28. The number of nitrogens with zero attached hydrogens (tertiary/aromatic N) is 4. The number of carbonyl (C=O) groups is 2. The van der Waals surface area contributed by atoms with Crippen LogP contribution in [0.15, 0.2) is 67.3 Å². The summed E-state index contributed by atoms with van der Waals surface area (Å²) in [7, 11) is -18.5. The van der Waals surface area contributed by atoms with Crippen molar-refractivity contribution in [2.45, 2.75) is 24.5 Å². The SMILES string of the molecule is Nc1ncnc2c1ncn2[C@@H]1O[C@H](COP(=O)([O-])OP(=O)([O-])OP(=O)([O-])[O-])[C@@H](OC(=O)c2ccc(C(=O)c3ccccc3)cc2)[C@H]1O. The van der Waals surface area contributed by atoms with Crippen LogP contribution in [0.5, 0.6) is 0 Å². The van der Waals surface area contributed by atoms with Crippen LogP contribution in [-0.4, -0.2) is 61.3 Å². The number of ether oxygens (including phenoxy) is 2. The second-order valence-corrected chi connectivity index (χ2v) is 13.8. The molecule has 0 aliphatic carbocycles. The summed E-state index contributed by atoms with van der Waals surface area (Å²) < 4.78 is 57.8. The first-order valence-electron chi connectivity index (χ1n) is 12.9. The highest BCUT2D eigenvalue weighted by atomic mass is 31.3. The quantitative estimate of drug-likeness (QED) is 0.100. The number of nitrogen functional groups attached to an aromatic ring is 1. The van der Waals surface area contributed by atoms with Gasteiger partial charge in [-0.3, -0.25) is 22.8 Å². The van der Waals surface area contributed by atoms with Crippen molar-refractivity contribution in [3.63, 3.8) is 0 Å². The summed E-state index contributed by atoms with van der Waals surface area (Å²) >= 11 is 0. The van der Waals surface area contributed by atoms with Crippen LogP contribution in [0.3, 0.4) is 0 Å². The van der Waals surface area contributed by atoms with Gasteiger partial charge in [0, 0.05) is 11.1 Å². The van der Waals surface area contributed by atoms with E-state index in [0.717, 1.165) is 17.2 Å². The fourth-order valence-corrected chi connectivity index (χ4v) is 7.30. The van der Waals surface area contributed by atoms with E-state index in [9.17, 15) is 48.0 Å². The Balaban J connectivity index is 1.37. The molecule has 0 bridgehead atoms. The normalized spacial score (nSPS) is 22.4. The highest BCUT2D eigenvalue weighted by Crippen LogP contribution is 2.60. The molecule has 20 nitrogen and oxygen atoms in total. The molecular weight excluding hydrogens is 691 g/mol. The molecule has 23 heteroatoms. The number of nitrogens with two attached hydrogens (primary N) is 1. The predicted molar refractivity (Wildman–Crippen MR) is 146 cm³/mol. The lowest BCUT2D eigenvalue weighted by atomic mass is 10.0. The third-order valence-electron chi connectivity index (χ3n) is 6.43. The van der Waals surface area contributed by atoms with Gasteiger partial charge >= 0.3 is 5.97 Å². The summed E-state index contributed by atoms with van der Waals surface area (Å²) in [6, 6.07) is 13.6. The molecule has 1 aliphatic rings. The molecule has 47 heavy (non-hydrogen) atoms. The number of esters is 1. The number of aliphatic hydroxyl groups is 1. The third-order valence-corrected chi connectivity index (χ3v) is 10.1. The summed E-state index contributed by atoms with van der Waals surface area (Å²) in [6.45, 7) is -1.19. The minimum Gasteiger partial charge on any atom is -0.790 e. The number of phosphoric ester groups is 1. The zero-order valence-corrected chi connectivity index (χ0v) is 25.9. The smallest absolute Gasteiger partial charge is 0.338 e. The van der Waals surface area contributed by atoms with Gasteiger partial charge in [-0.05, 0) is 12.1 Å². The Labute approximate surface area is 263 Å². The van der Waals surface area contributed by atoms with Gasteiger partial charge in [0.25, 0.3) is 15.6 Å². The first-order valence-corrected chi connectivity index (χ1v) is 17.3. The number of anilines is 1. The van der Waals surface area contributed by atoms with E-state index in [2.05, 4.69) is 28.1 Å². The van der Waals surface area contributed by atoms with Gasteiger partial charge in [0.05, 0.1) is 26.3 Å². The zero-order chi connectivity index (χ0) is 34.1. The van der Waals surface area contributed by atoms with Gasteiger partial charge in [-0.15, -0.1) is 0 Å². The van der Waals surface area contributed by atoms with Crippen molar-refractivity contribution in [3.8, 4) is 0 Å². The van der Waals surface area contributed by atoms with E-state index in [1.54, 1.807) is 30.3 Å². The molecule has 1 aliphatic heterocycles. The van der Waals surface area contributed by atoms with Crippen LogP contribution >= 0.6 is 23.5 Å². The number of ketones is 1. The number of rotatable bonds is 12. The van der Waals surface area contributed by atoms with Crippen molar-refractivity contribution in [1.82, 2.24) is 19.5 Å². The first-order chi connectivity index (χ1) is 22.0. The second-order valence-electron chi connectivity index (χ2n) is 9.58. The van der Waals surface area contributed by atoms with Crippen LogP contribution in [0.25, 0.3) is 11.2 Å². The van der Waals surface area contributed by atoms with Crippen LogP contribution in [0.2, 0.25) is 0 Å². The van der Waals surface area contributed by atoms with E-state index in [1.807, 2.05) is 0 Å². The molecular formula is C24H20N5O15P3-4. The van der Waals surface area contributed by atoms with Crippen LogP contribution < -0.4 is 25.3 Å². The summed E-state index contributed by atoms with van der Waals surface area (Å²) in [4.78, 5) is 82.6. The maximum atomic E-state index is 13.1. The molecule has 0 spiro atoms. The van der Waals surface area contributed by atoms with Crippen molar-refractivity contribution in [2.24, 2.45) is 0 Å². The van der Waals surface area contributed by atoms with Gasteiger partial charge < -0.3 is 49.0 Å². The summed E-state index contributed by atoms with van der Waals surface area (Å²) in [5.74, 6) is -1.43. The van der Waals surface area contributed by atoms with E-state index < -0.39 is 60.6 Å². The van der Waals surface area contributed by atoms with Crippen LogP contribution in [0, 0.1) is 0 Å². The molecule has 2 aromatic heterocycles. The molecule has 2 unspecified atom stereocenters. The van der Waals surface area contributed by atoms with Crippen molar-refractivity contribution in [3.05, 3.63) is 83.9 Å². The molecule has 2 aromatic carbocycles. The second kappa shape index (κ2) is 13.4. The van der Waals surface area contributed by atoms with Gasteiger partial charge in [0.2, 0.25) is 0 Å². The minimum absolute atomic E-state index is 0.0345. The number of aromatic nitrogens is 4. The van der Waals surface area contributed by atoms with Crippen molar-refractivity contribution < 1.29 is 70.6 Å². The Morgan fingerprint density at radius 2 is 1.53 bits per heavy atom. The summed E-state index contributed by atoms with van der Waals surface area (Å²) in [5, 5.41) is 11.2. The van der Waals surface area contributed by atoms with Gasteiger partial charge in [-0.25, -0.2) is 24.1 Å². The molecule has 1 saturated heterocycles. The number of imidazole rings is 1. The Morgan fingerprint density at radius 1 is 0.894 bits per heavy atom. The van der Waals surface area contributed by atoms with E-state index >= 15 is 0 Å². The van der Waals surface area contributed by atoms with E-state index in [4.69, 9.17) is 15.2 Å². The number of phosphoric acid groups is 3. The number of hydrogen-bond acceptors (Lipinski definition) is 19. The maximum absolute atomic E-state index is 13.1. The van der Waals surface area contributed by atoms with E-state index in [-0.39, 0.29) is 33.9 Å². The topological polar surface area (TPSA) is 314 Å². The molecule has 6 atom stereocenters. The Kier molecular flexibility index (Phi) is 9.87. The monoisotopic (exact) mass is 711 g/mol. The highest BCUT2D eigenvalue weighted by molar-refractivity contribution is 7.64. The van der Waals surface area contributed by atoms with E-state index in [0.29, 0.717) is 5.56 Å². The largest absolute Gasteiger partial charge is 0.790 e. The van der Waals surface area contributed by atoms with Crippen LogP contribution in [-0.2, 0) is 36.3 Å². The Bertz CT molecular complexity index is 1940. The zero-order valence-electron chi connectivity index (χ0n) is 23.2. The van der Waals surface area contributed by atoms with Gasteiger partial charge in [0.15, 0.2) is 29.6 Å². The number of hydrogen-bond donors (Lipinski definition) is 2. The van der Waals surface area contributed by atoms with Gasteiger partial charge in [-0.2, -0.15) is 0 Å².